The summed E-state index contributed by atoms with van der Waals surface area (Å²) in [5.74, 6) is -0.347. The zero-order valence-electron chi connectivity index (χ0n) is 20.1. The lowest BCUT2D eigenvalue weighted by atomic mass is 9.91. The van der Waals surface area contributed by atoms with Gasteiger partial charge in [-0.05, 0) is 65.9 Å². The van der Waals surface area contributed by atoms with Crippen molar-refractivity contribution in [2.45, 2.75) is 51.7 Å². The molecule has 1 heterocycles. The number of carboxylic acids is 1. The molecule has 0 saturated carbocycles. The molecule has 0 fully saturated rings. The van der Waals surface area contributed by atoms with Gasteiger partial charge in [-0.1, -0.05) is 54.9 Å². The Balaban J connectivity index is 1.50. The third-order valence-corrected chi connectivity index (χ3v) is 6.66. The summed E-state index contributed by atoms with van der Waals surface area (Å²) in [5.41, 5.74) is 4.56. The van der Waals surface area contributed by atoms with Crippen LogP contribution in [-0.4, -0.2) is 34.0 Å². The predicted molar refractivity (Wildman–Crippen MR) is 137 cm³/mol. The molecule has 5 nitrogen and oxygen atoms in total. The van der Waals surface area contributed by atoms with E-state index in [4.69, 9.17) is 16.3 Å². The molecule has 1 N–H and O–H groups in total. The van der Waals surface area contributed by atoms with Crippen LogP contribution in [-0.2, 0) is 30.6 Å². The van der Waals surface area contributed by atoms with Gasteiger partial charge in [0.1, 0.15) is 11.4 Å². The molecule has 0 saturated heterocycles. The van der Waals surface area contributed by atoms with Crippen LogP contribution in [0.25, 0.3) is 0 Å². The molecule has 0 aromatic heterocycles. The molecule has 3 aromatic rings. The fourth-order valence-corrected chi connectivity index (χ4v) is 4.68. The summed E-state index contributed by atoms with van der Waals surface area (Å²) in [4.78, 5) is 26.2. The largest absolute Gasteiger partial charge is 0.487 e. The van der Waals surface area contributed by atoms with Crippen LogP contribution in [0.2, 0.25) is 5.02 Å². The number of rotatable bonds is 9. The number of carbonyl (C=O) groups excluding carboxylic acids is 1. The van der Waals surface area contributed by atoms with E-state index in [1.165, 1.54) is 11.1 Å². The normalized spacial score (nSPS) is 16.4. The maximum Gasteiger partial charge on any atom is 0.305 e. The molecule has 1 aliphatic rings. The molecule has 0 spiro atoms. The molecular formula is C29H30ClNO4. The summed E-state index contributed by atoms with van der Waals surface area (Å²) in [5, 5.41) is 9.79. The van der Waals surface area contributed by atoms with Crippen LogP contribution in [0.5, 0.6) is 5.75 Å². The Kier molecular flexibility index (Phi) is 7.46. The number of nitrogens with zero attached hydrogens (tertiary/aromatic N) is 1. The van der Waals surface area contributed by atoms with E-state index < -0.39 is 5.97 Å². The van der Waals surface area contributed by atoms with E-state index in [2.05, 4.69) is 38.1 Å². The van der Waals surface area contributed by atoms with Gasteiger partial charge in [0.05, 0.1) is 6.42 Å². The highest BCUT2D eigenvalue weighted by molar-refractivity contribution is 6.30. The summed E-state index contributed by atoms with van der Waals surface area (Å²) in [6.07, 6.45) is 2.36. The first-order valence-electron chi connectivity index (χ1n) is 11.9. The topological polar surface area (TPSA) is 66.8 Å². The smallest absolute Gasteiger partial charge is 0.305 e. The number of hydrogen-bond acceptors (Lipinski definition) is 3. The van der Waals surface area contributed by atoms with E-state index in [0.717, 1.165) is 29.7 Å². The molecule has 0 aliphatic carbocycles. The van der Waals surface area contributed by atoms with Crippen LogP contribution in [0.15, 0.2) is 66.7 Å². The zero-order chi connectivity index (χ0) is 25.0. The number of benzene rings is 3. The molecule has 0 bridgehead atoms. The monoisotopic (exact) mass is 491 g/mol. The van der Waals surface area contributed by atoms with Gasteiger partial charge >= 0.3 is 5.97 Å². The van der Waals surface area contributed by atoms with Gasteiger partial charge in [0.15, 0.2) is 0 Å². The quantitative estimate of drug-likeness (QED) is 0.401. The highest BCUT2D eigenvalue weighted by Crippen LogP contribution is 2.37. The summed E-state index contributed by atoms with van der Waals surface area (Å²) >= 11 is 5.98. The average Bonchev–Trinajstić information content (AvgIpc) is 3.17. The van der Waals surface area contributed by atoms with Gasteiger partial charge < -0.3 is 14.7 Å². The lowest BCUT2D eigenvalue weighted by Gasteiger charge is -2.24. The standard InChI is InChI=1S/C29H30ClNO4/c1-3-20-4-6-21(7-5-20)17-29(2)18-24-16-23(10-13-26(24)35-29)28(34)31(15-14-27(32)33)19-22-8-11-25(30)12-9-22/h4-13,16H,3,14-15,17-19H2,1-2H3,(H,32,33)/t29-/m0/s1. The van der Waals surface area contributed by atoms with E-state index in [9.17, 15) is 14.7 Å². The molecule has 0 radical (unpaired) electrons. The van der Waals surface area contributed by atoms with Crippen molar-refractivity contribution >= 4 is 23.5 Å². The second kappa shape index (κ2) is 10.5. The Morgan fingerprint density at radius 1 is 1.00 bits per heavy atom. The Hall–Kier alpha value is -3.31. The van der Waals surface area contributed by atoms with Gasteiger partial charge in [0.25, 0.3) is 5.91 Å². The van der Waals surface area contributed by atoms with Crippen LogP contribution in [0.1, 0.15) is 52.9 Å². The number of fused-ring (bicyclic) bond motifs is 1. The van der Waals surface area contributed by atoms with Crippen LogP contribution >= 0.6 is 11.6 Å². The highest BCUT2D eigenvalue weighted by atomic mass is 35.5. The first-order chi connectivity index (χ1) is 16.7. The predicted octanol–water partition coefficient (Wildman–Crippen LogP) is 5.96. The van der Waals surface area contributed by atoms with Gasteiger partial charge in [-0.2, -0.15) is 0 Å². The number of amides is 1. The van der Waals surface area contributed by atoms with E-state index in [1.807, 2.05) is 24.3 Å². The Morgan fingerprint density at radius 3 is 2.31 bits per heavy atom. The summed E-state index contributed by atoms with van der Waals surface area (Å²) in [7, 11) is 0. The summed E-state index contributed by atoms with van der Waals surface area (Å²) < 4.78 is 6.32. The average molecular weight is 492 g/mol. The summed E-state index contributed by atoms with van der Waals surface area (Å²) in [6.45, 7) is 4.67. The van der Waals surface area contributed by atoms with Crippen molar-refractivity contribution in [3.8, 4) is 5.75 Å². The lowest BCUT2D eigenvalue weighted by Crippen LogP contribution is -2.33. The number of halogens is 1. The van der Waals surface area contributed by atoms with Crippen molar-refractivity contribution < 1.29 is 19.4 Å². The molecule has 3 aromatic carbocycles. The first kappa shape index (κ1) is 24.8. The molecule has 182 valence electrons. The van der Waals surface area contributed by atoms with Crippen molar-refractivity contribution in [3.63, 3.8) is 0 Å². The minimum Gasteiger partial charge on any atom is -0.487 e. The number of carbonyl (C=O) groups is 2. The van der Waals surface area contributed by atoms with E-state index in [0.29, 0.717) is 23.6 Å². The van der Waals surface area contributed by atoms with Gasteiger partial charge in [0.2, 0.25) is 0 Å². The Bertz CT molecular complexity index is 1210. The van der Waals surface area contributed by atoms with Crippen molar-refractivity contribution in [2.75, 3.05) is 6.54 Å². The van der Waals surface area contributed by atoms with Gasteiger partial charge in [0, 0.05) is 36.5 Å². The molecule has 6 heteroatoms. The fraction of sp³-hybridized carbons (Fsp3) is 0.310. The second-order valence-electron chi connectivity index (χ2n) is 9.39. The van der Waals surface area contributed by atoms with Crippen LogP contribution in [0, 0.1) is 0 Å². The molecule has 1 amide bonds. The molecule has 35 heavy (non-hydrogen) atoms. The van der Waals surface area contributed by atoms with Crippen LogP contribution < -0.4 is 4.74 Å². The van der Waals surface area contributed by atoms with Gasteiger partial charge in [-0.25, -0.2) is 0 Å². The van der Waals surface area contributed by atoms with Gasteiger partial charge in [-0.3, -0.25) is 9.59 Å². The number of aryl methyl sites for hydroxylation is 1. The molecular weight excluding hydrogens is 462 g/mol. The lowest BCUT2D eigenvalue weighted by molar-refractivity contribution is -0.137. The third kappa shape index (κ3) is 6.23. The number of ether oxygens (including phenoxy) is 1. The minimum atomic E-state index is -0.941. The van der Waals surface area contributed by atoms with Crippen LogP contribution in [0.4, 0.5) is 0 Å². The maximum absolute atomic E-state index is 13.4. The first-order valence-corrected chi connectivity index (χ1v) is 12.3. The van der Waals surface area contributed by atoms with E-state index in [-0.39, 0.29) is 24.5 Å². The number of carboxylic acid groups (broad SMARTS) is 1. The van der Waals surface area contributed by atoms with Crippen molar-refractivity contribution in [3.05, 3.63) is 99.6 Å². The van der Waals surface area contributed by atoms with Gasteiger partial charge in [-0.15, -0.1) is 0 Å². The molecule has 4 rings (SSSR count). The Morgan fingerprint density at radius 2 is 1.66 bits per heavy atom. The second-order valence-corrected chi connectivity index (χ2v) is 9.83. The number of aliphatic carboxylic acids is 1. The molecule has 1 aliphatic heterocycles. The Labute approximate surface area is 211 Å². The third-order valence-electron chi connectivity index (χ3n) is 6.41. The van der Waals surface area contributed by atoms with Crippen molar-refractivity contribution in [1.29, 1.82) is 0 Å². The van der Waals surface area contributed by atoms with E-state index >= 15 is 0 Å². The SMILES string of the molecule is CCc1ccc(C[C@@]2(C)Cc3cc(C(=O)N(CCC(=O)O)Cc4ccc(Cl)cc4)ccc3O2)cc1. The molecule has 1 atom stereocenters. The maximum atomic E-state index is 13.4. The molecule has 0 unspecified atom stereocenters. The minimum absolute atomic E-state index is 0.121. The highest BCUT2D eigenvalue weighted by Gasteiger charge is 2.35. The van der Waals surface area contributed by atoms with Crippen molar-refractivity contribution in [1.82, 2.24) is 4.90 Å². The van der Waals surface area contributed by atoms with Crippen molar-refractivity contribution in [2.24, 2.45) is 0 Å². The summed E-state index contributed by atoms with van der Waals surface area (Å²) in [6, 6.07) is 21.3. The van der Waals surface area contributed by atoms with E-state index in [1.54, 1.807) is 23.1 Å². The zero-order valence-corrected chi connectivity index (χ0v) is 20.8. The number of hydrogen-bond donors (Lipinski definition) is 1. The van der Waals surface area contributed by atoms with Crippen LogP contribution in [0.3, 0.4) is 0 Å². The fourth-order valence-electron chi connectivity index (χ4n) is 4.55.